The predicted octanol–water partition coefficient (Wildman–Crippen LogP) is 2.82. The zero-order valence-electron chi connectivity index (χ0n) is 16.3. The van der Waals surface area contributed by atoms with Crippen molar-refractivity contribution in [1.82, 2.24) is 8.87 Å². The van der Waals surface area contributed by atoms with Crippen LogP contribution in [0.2, 0.25) is 0 Å². The van der Waals surface area contributed by atoms with Gasteiger partial charge in [-0.3, -0.25) is 4.79 Å². The van der Waals surface area contributed by atoms with Gasteiger partial charge in [0, 0.05) is 36.8 Å². The van der Waals surface area contributed by atoms with E-state index in [1.54, 1.807) is 44.8 Å². The fourth-order valence-corrected chi connectivity index (χ4v) is 4.59. The number of hydrogen-bond donors (Lipinski definition) is 0. The molecule has 0 radical (unpaired) electrons. The Labute approximate surface area is 169 Å². The second-order valence-electron chi connectivity index (χ2n) is 5.99. The van der Waals surface area contributed by atoms with E-state index in [1.165, 1.54) is 21.1 Å². The van der Waals surface area contributed by atoms with Crippen LogP contribution in [-0.2, 0) is 21.8 Å². The van der Waals surface area contributed by atoms with E-state index in [2.05, 4.69) is 0 Å². The molecule has 0 amide bonds. The number of aryl methyl sites for hydroxylation is 1. The van der Waals surface area contributed by atoms with Crippen LogP contribution in [0.3, 0.4) is 0 Å². The number of ketones is 1. The minimum absolute atomic E-state index is 0.0182. The number of aromatic nitrogens is 1. The third kappa shape index (κ3) is 4.84. The van der Waals surface area contributed by atoms with Crippen molar-refractivity contribution in [2.24, 2.45) is 7.05 Å². The summed E-state index contributed by atoms with van der Waals surface area (Å²) in [4.78, 5) is 25.6. The van der Waals surface area contributed by atoms with E-state index in [1.807, 2.05) is 18.4 Å². The van der Waals surface area contributed by atoms with Crippen LogP contribution >= 0.6 is 11.8 Å². The normalized spacial score (nSPS) is 11.6. The molecule has 0 N–H and O–H groups in total. The van der Waals surface area contributed by atoms with Gasteiger partial charge < -0.3 is 9.30 Å². The molecule has 9 heteroatoms. The number of thioether (sulfide) groups is 1. The Morgan fingerprint density at radius 2 is 1.75 bits per heavy atom. The van der Waals surface area contributed by atoms with Crippen LogP contribution < -0.4 is 0 Å². The Balaban J connectivity index is 2.10. The van der Waals surface area contributed by atoms with Gasteiger partial charge in [0.1, 0.15) is 10.6 Å². The van der Waals surface area contributed by atoms with Gasteiger partial charge in [-0.05, 0) is 24.5 Å². The average molecular weight is 425 g/mol. The highest BCUT2D eigenvalue weighted by atomic mass is 32.2. The highest BCUT2D eigenvalue weighted by Crippen LogP contribution is 2.19. The summed E-state index contributed by atoms with van der Waals surface area (Å²) in [5, 5.41) is 0. The van der Waals surface area contributed by atoms with Crippen molar-refractivity contribution < 1.29 is 22.7 Å². The van der Waals surface area contributed by atoms with Gasteiger partial charge >= 0.3 is 5.97 Å². The van der Waals surface area contributed by atoms with Crippen LogP contribution in [0.1, 0.15) is 34.7 Å². The van der Waals surface area contributed by atoms with Crippen LogP contribution in [0.15, 0.2) is 46.3 Å². The maximum Gasteiger partial charge on any atom is 0.355 e. The van der Waals surface area contributed by atoms with Gasteiger partial charge in [-0.15, -0.1) is 11.8 Å². The highest BCUT2D eigenvalue weighted by molar-refractivity contribution is 7.98. The van der Waals surface area contributed by atoms with Gasteiger partial charge in [0.2, 0.25) is 10.0 Å². The molecule has 0 spiro atoms. The Hall–Kier alpha value is -2.10. The Bertz CT molecular complexity index is 945. The van der Waals surface area contributed by atoms with Gasteiger partial charge in [0.15, 0.2) is 12.4 Å². The number of nitrogens with zero attached hydrogens (tertiary/aromatic N) is 2. The van der Waals surface area contributed by atoms with Crippen molar-refractivity contribution in [3.8, 4) is 0 Å². The predicted molar refractivity (Wildman–Crippen MR) is 108 cm³/mol. The molecule has 0 bridgehead atoms. The van der Waals surface area contributed by atoms with Crippen LogP contribution in [-0.4, -0.2) is 55.0 Å². The summed E-state index contributed by atoms with van der Waals surface area (Å²) in [6.07, 6.45) is 3.31. The fraction of sp³-hybridized carbons (Fsp3) is 0.368. The standard InChI is InChI=1S/C19H24N2O5S2/c1-5-21(6-2)28(24,25)16-11-17(20(3)12-16)19(23)26-13-18(22)14-7-9-15(27-4)10-8-14/h7-12H,5-6,13H2,1-4H3. The van der Waals surface area contributed by atoms with Crippen LogP contribution in [0.4, 0.5) is 0 Å². The average Bonchev–Trinajstić information content (AvgIpc) is 3.09. The van der Waals surface area contributed by atoms with E-state index in [0.29, 0.717) is 18.7 Å². The zero-order valence-corrected chi connectivity index (χ0v) is 18.0. The smallest absolute Gasteiger partial charge is 0.355 e. The number of Topliss-reactive ketones (excluding diaryl/α,β-unsaturated/α-hetero) is 1. The molecule has 2 rings (SSSR count). The van der Waals surface area contributed by atoms with Gasteiger partial charge in [0.05, 0.1) is 0 Å². The first-order valence-corrected chi connectivity index (χ1v) is 11.4. The van der Waals surface area contributed by atoms with E-state index in [9.17, 15) is 18.0 Å². The Morgan fingerprint density at radius 1 is 1.14 bits per heavy atom. The molecule has 0 atom stereocenters. The molecule has 0 saturated carbocycles. The minimum Gasteiger partial charge on any atom is -0.453 e. The van der Waals surface area contributed by atoms with E-state index < -0.39 is 22.6 Å². The Morgan fingerprint density at radius 3 is 2.29 bits per heavy atom. The molecule has 2 aromatic rings. The molecule has 0 unspecified atom stereocenters. The summed E-state index contributed by atoms with van der Waals surface area (Å²) in [5.74, 6) is -1.08. The third-order valence-corrected chi connectivity index (χ3v) is 7.04. The maximum atomic E-state index is 12.6. The molecule has 1 aromatic carbocycles. The van der Waals surface area contributed by atoms with Crippen LogP contribution in [0, 0.1) is 0 Å². The first-order valence-electron chi connectivity index (χ1n) is 8.75. The van der Waals surface area contributed by atoms with Gasteiger partial charge in [-0.2, -0.15) is 4.31 Å². The summed E-state index contributed by atoms with van der Waals surface area (Å²) in [6.45, 7) is 3.74. The topological polar surface area (TPSA) is 85.7 Å². The molecule has 1 heterocycles. The molecular formula is C19H24N2O5S2. The first kappa shape index (κ1) is 22.2. The van der Waals surface area contributed by atoms with E-state index in [-0.39, 0.29) is 16.4 Å². The number of rotatable bonds is 9. The minimum atomic E-state index is -3.68. The van der Waals surface area contributed by atoms with Crippen LogP contribution in [0.25, 0.3) is 0 Å². The first-order chi connectivity index (χ1) is 13.2. The van der Waals surface area contributed by atoms with E-state index >= 15 is 0 Å². The number of ether oxygens (including phenoxy) is 1. The van der Waals surface area contributed by atoms with Crippen molar-refractivity contribution >= 4 is 33.5 Å². The van der Waals surface area contributed by atoms with E-state index in [0.717, 1.165) is 4.90 Å². The second-order valence-corrected chi connectivity index (χ2v) is 8.81. The van der Waals surface area contributed by atoms with Crippen molar-refractivity contribution in [3.05, 3.63) is 47.8 Å². The molecule has 152 valence electrons. The molecule has 0 aliphatic rings. The van der Waals surface area contributed by atoms with Gasteiger partial charge in [-0.1, -0.05) is 26.0 Å². The summed E-state index contributed by atoms with van der Waals surface area (Å²) < 4.78 is 33.0. The number of esters is 1. The Kier molecular flexibility index (Phi) is 7.45. The second kappa shape index (κ2) is 9.40. The molecule has 0 aliphatic heterocycles. The van der Waals surface area contributed by atoms with Crippen LogP contribution in [0.5, 0.6) is 0 Å². The molecule has 0 aliphatic carbocycles. The summed E-state index contributed by atoms with van der Waals surface area (Å²) in [7, 11) is -2.13. The van der Waals surface area contributed by atoms with Crippen molar-refractivity contribution in [2.75, 3.05) is 26.0 Å². The number of sulfonamides is 1. The molecule has 1 aromatic heterocycles. The lowest BCUT2D eigenvalue weighted by Gasteiger charge is -2.17. The number of carbonyl (C=O) groups is 2. The monoisotopic (exact) mass is 424 g/mol. The fourth-order valence-electron chi connectivity index (χ4n) is 2.66. The van der Waals surface area contributed by atoms with Crippen molar-refractivity contribution in [1.29, 1.82) is 0 Å². The largest absolute Gasteiger partial charge is 0.453 e. The third-order valence-electron chi connectivity index (χ3n) is 4.28. The quantitative estimate of drug-likeness (QED) is 0.350. The SMILES string of the molecule is CCN(CC)S(=O)(=O)c1cc(C(=O)OCC(=O)c2ccc(SC)cc2)n(C)c1. The lowest BCUT2D eigenvalue weighted by Crippen LogP contribution is -2.30. The van der Waals surface area contributed by atoms with Crippen molar-refractivity contribution in [3.63, 3.8) is 0 Å². The van der Waals surface area contributed by atoms with Gasteiger partial charge in [-0.25, -0.2) is 13.2 Å². The molecule has 7 nitrogen and oxygen atoms in total. The molecular weight excluding hydrogens is 400 g/mol. The number of benzene rings is 1. The summed E-state index contributed by atoms with van der Waals surface area (Å²) in [5.41, 5.74) is 0.513. The van der Waals surface area contributed by atoms with E-state index in [4.69, 9.17) is 4.74 Å². The zero-order chi connectivity index (χ0) is 20.9. The molecule has 28 heavy (non-hydrogen) atoms. The lowest BCUT2D eigenvalue weighted by molar-refractivity contribution is 0.0465. The number of carbonyl (C=O) groups excluding carboxylic acids is 2. The lowest BCUT2D eigenvalue weighted by atomic mass is 10.1. The molecule has 0 saturated heterocycles. The maximum absolute atomic E-state index is 12.6. The van der Waals surface area contributed by atoms with Crippen molar-refractivity contribution in [2.45, 2.75) is 23.6 Å². The highest BCUT2D eigenvalue weighted by Gasteiger charge is 2.26. The summed E-state index contributed by atoms with van der Waals surface area (Å²) in [6, 6.07) is 8.27. The van der Waals surface area contributed by atoms with Gasteiger partial charge in [0.25, 0.3) is 0 Å². The number of hydrogen-bond acceptors (Lipinski definition) is 6. The molecule has 0 fully saturated rings. The summed E-state index contributed by atoms with van der Waals surface area (Å²) >= 11 is 1.56.